The van der Waals surface area contributed by atoms with Crippen molar-refractivity contribution in [3.63, 3.8) is 0 Å². The molecule has 0 amide bonds. The zero-order valence-corrected chi connectivity index (χ0v) is 46.9. The minimum Gasteiger partial charge on any atom is -0.493 e. The molecule has 0 saturated carbocycles. The zero-order chi connectivity index (χ0) is 57.9. The number of aromatic nitrogens is 3. The minimum atomic E-state index is -4.94. The average Bonchev–Trinajstić information content (AvgIpc) is 3.99. The third-order valence-corrected chi connectivity index (χ3v) is 17.0. The van der Waals surface area contributed by atoms with Gasteiger partial charge in [0.15, 0.2) is 11.3 Å². The van der Waals surface area contributed by atoms with E-state index in [2.05, 4.69) is 40.7 Å². The Kier molecular flexibility index (Phi) is 17.9. The lowest BCUT2D eigenvalue weighted by molar-refractivity contribution is 0.317. The van der Waals surface area contributed by atoms with Crippen LogP contribution in [0.5, 0.6) is 11.6 Å². The highest BCUT2D eigenvalue weighted by atomic mass is 35.5. The number of thioether (sulfide) groups is 1. The van der Waals surface area contributed by atoms with E-state index < -0.39 is 78.3 Å². The van der Waals surface area contributed by atoms with Gasteiger partial charge in [-0.25, -0.2) is 9.97 Å². The molecule has 35 heteroatoms. The van der Waals surface area contributed by atoms with Crippen LogP contribution in [0, 0.1) is 32.1 Å². The van der Waals surface area contributed by atoms with Gasteiger partial charge in [-0.2, -0.15) is 44.0 Å². The summed E-state index contributed by atoms with van der Waals surface area (Å²) in [5.41, 5.74) is 0.801. The summed E-state index contributed by atoms with van der Waals surface area (Å²) in [5.74, 6) is -1.67. The van der Waals surface area contributed by atoms with Gasteiger partial charge in [0.25, 0.3) is 40.5 Å². The molecule has 414 valence electrons. The van der Waals surface area contributed by atoms with Crippen molar-refractivity contribution in [2.75, 3.05) is 23.9 Å². The van der Waals surface area contributed by atoms with E-state index in [-0.39, 0.29) is 97.2 Å². The molecule has 0 atom stereocenters. The second-order valence-electron chi connectivity index (χ2n) is 16.5. The van der Waals surface area contributed by atoms with Gasteiger partial charge in [-0.15, -0.1) is 50.0 Å². The number of rotatable bonds is 18. The molecule has 0 bridgehead atoms. The van der Waals surface area contributed by atoms with Gasteiger partial charge >= 0.3 is 10.6 Å². The Morgan fingerprint density at radius 2 is 1.35 bits per heavy atom. The Hall–Kier alpha value is -7.01. The number of benzene rings is 5. The maximum Gasteiger partial charge on any atom is 0.425 e. The minimum absolute atomic E-state index is 0.00260. The molecule has 0 unspecified atom stereocenters. The number of imidazole rings is 1. The molecule has 0 aliphatic heterocycles. The van der Waals surface area contributed by atoms with Crippen LogP contribution in [0.15, 0.2) is 112 Å². The van der Waals surface area contributed by atoms with Crippen LogP contribution in [0.4, 0.5) is 33.6 Å². The van der Waals surface area contributed by atoms with Crippen LogP contribution in [0.1, 0.15) is 35.1 Å². The molecule has 0 aliphatic carbocycles. The van der Waals surface area contributed by atoms with Crippen LogP contribution in [0.2, 0.25) is 5.02 Å². The van der Waals surface area contributed by atoms with Crippen molar-refractivity contribution in [3.05, 3.63) is 94.0 Å². The molecule has 5 N–H and O–H groups in total. The number of fused-ring (bicyclic) bond motifs is 6. The Labute approximate surface area is 462 Å². The summed E-state index contributed by atoms with van der Waals surface area (Å²) in [7, 11) is -21.4. The summed E-state index contributed by atoms with van der Waals surface area (Å²) >= 11 is 8.33. The number of nitrogens with zero attached hydrogens (tertiary/aromatic N) is 10. The SMILES string of the molecule is Cc1cc(N=Nc2cc(OCCCS(=O)(=O)O)c(N=Nc3c(C)c(C#N)c4nc5c(S(=O)(=O)O)c(Cl)ccc5n4c3O)cc2C)c(SCCCS(=O)(=O)O)cc1N=Nc1nc2c(S(=O)(=O)O)cc3ccccc3c2s1.O=S(=O)=O. The fourth-order valence-electron chi connectivity index (χ4n) is 7.55. The number of pyridine rings is 1. The van der Waals surface area contributed by atoms with E-state index in [0.29, 0.717) is 37.2 Å². The standard InChI is InChI=1S/C44H37ClN10O14S6.O3S/c1-22-16-31(51-53-37-24(3)27(21-46)42-47-38-33(55(42)43(37)56)11-10-28(45)41(38)75(66,67)68)34(69-12-6-14-72(57,58)59)19-29(22)49-52-32-17-23(2)30(20-35(32)70-13-7-15-73(60,61)62)50-54-44-48-39-36(74(63,64)65)18-25-8-4-5-9-26(25)40(39)71-44;1-4(2)3/h4-5,8-11,16-20,56H,6-7,12-15H2,1-3H3,(H,57,58,59)(H,60,61,62)(H,63,64,65)(H,66,67,68);. The van der Waals surface area contributed by atoms with Crippen LogP contribution in [-0.4, -0.2) is 108 Å². The predicted octanol–water partition coefficient (Wildman–Crippen LogP) is 10.2. The van der Waals surface area contributed by atoms with Gasteiger partial charge < -0.3 is 9.84 Å². The van der Waals surface area contributed by atoms with E-state index in [1.54, 1.807) is 50.2 Å². The maximum absolute atomic E-state index is 12.4. The second-order valence-corrected chi connectivity index (χ2v) is 25.3. The van der Waals surface area contributed by atoms with E-state index in [4.69, 9.17) is 29.0 Å². The van der Waals surface area contributed by atoms with Crippen LogP contribution in [0.25, 0.3) is 37.7 Å². The Morgan fingerprint density at radius 3 is 2.00 bits per heavy atom. The van der Waals surface area contributed by atoms with Crippen molar-refractivity contribution in [2.24, 2.45) is 30.7 Å². The first-order chi connectivity index (χ1) is 36.9. The second kappa shape index (κ2) is 23.8. The van der Waals surface area contributed by atoms with Crippen LogP contribution < -0.4 is 4.74 Å². The van der Waals surface area contributed by atoms with Gasteiger partial charge in [-0.1, -0.05) is 47.2 Å². The third-order valence-electron chi connectivity index (χ3n) is 11.0. The number of aromatic hydroxyl groups is 1. The summed E-state index contributed by atoms with van der Waals surface area (Å²) in [5, 5.41) is 49.0. The van der Waals surface area contributed by atoms with Gasteiger partial charge in [0.05, 0.1) is 50.4 Å². The predicted molar refractivity (Wildman–Crippen MR) is 288 cm³/mol. The first kappa shape index (κ1) is 59.6. The van der Waals surface area contributed by atoms with Crippen LogP contribution >= 0.6 is 34.7 Å². The van der Waals surface area contributed by atoms with Gasteiger partial charge in [-0.3, -0.25) is 22.6 Å². The topological polar surface area (TPSA) is 426 Å². The molecule has 8 aromatic rings. The first-order valence-corrected chi connectivity index (χ1v) is 31.2. The van der Waals surface area contributed by atoms with E-state index in [1.807, 2.05) is 6.07 Å². The fourth-order valence-corrected chi connectivity index (χ4v) is 12.5. The molecule has 79 heavy (non-hydrogen) atoms. The smallest absolute Gasteiger partial charge is 0.425 e. The third kappa shape index (κ3) is 14.2. The summed E-state index contributed by atoms with van der Waals surface area (Å²) < 4.78 is 167. The average molecular weight is 1240 g/mol. The normalized spacial score (nSPS) is 12.6. The van der Waals surface area contributed by atoms with Gasteiger partial charge in [0.1, 0.15) is 43.9 Å². The fraction of sp³-hybridized carbons (Fsp3) is 0.205. The van der Waals surface area contributed by atoms with Crippen LogP contribution in [0.3, 0.4) is 0 Å². The molecular formula is C44H37ClN10O17S7. The molecule has 0 spiro atoms. The van der Waals surface area contributed by atoms with Crippen molar-refractivity contribution in [2.45, 2.75) is 48.3 Å². The lowest BCUT2D eigenvalue weighted by Gasteiger charge is -2.12. The number of ether oxygens (including phenoxy) is 1. The Balaban J connectivity index is 0.00000218. The number of nitriles is 1. The van der Waals surface area contributed by atoms with E-state index >= 15 is 0 Å². The zero-order valence-electron chi connectivity index (χ0n) is 40.4. The monoisotopic (exact) mass is 1240 g/mol. The highest BCUT2D eigenvalue weighted by molar-refractivity contribution is 7.99. The number of hydrogen-bond acceptors (Lipinski definition) is 24. The molecule has 27 nitrogen and oxygen atoms in total. The van der Waals surface area contributed by atoms with E-state index in [0.717, 1.165) is 21.8 Å². The molecule has 3 aromatic heterocycles. The molecule has 3 heterocycles. The van der Waals surface area contributed by atoms with Crippen molar-refractivity contribution in [1.82, 2.24) is 14.4 Å². The van der Waals surface area contributed by atoms with Gasteiger partial charge in [0, 0.05) is 21.9 Å². The summed E-state index contributed by atoms with van der Waals surface area (Å²) in [6.07, 6.45) is -0.131. The first-order valence-electron chi connectivity index (χ1n) is 22.0. The molecule has 5 aromatic carbocycles. The number of halogens is 1. The lowest BCUT2D eigenvalue weighted by Crippen LogP contribution is -2.08. The number of hydrogen-bond donors (Lipinski definition) is 5. The number of azo groups is 3. The summed E-state index contributed by atoms with van der Waals surface area (Å²) in [6, 6.07) is 18.8. The summed E-state index contributed by atoms with van der Waals surface area (Å²) in [4.78, 5) is 7.89. The quantitative estimate of drug-likeness (QED) is 0.0231. The van der Waals surface area contributed by atoms with E-state index in [9.17, 15) is 62.3 Å². The Bertz CT molecular complexity index is 4540. The van der Waals surface area contributed by atoms with Gasteiger partial charge in [0.2, 0.25) is 11.0 Å². The highest BCUT2D eigenvalue weighted by Gasteiger charge is 2.27. The molecule has 0 aliphatic rings. The Morgan fingerprint density at radius 1 is 0.747 bits per heavy atom. The van der Waals surface area contributed by atoms with Crippen molar-refractivity contribution in [1.29, 1.82) is 5.26 Å². The molecule has 0 saturated heterocycles. The van der Waals surface area contributed by atoms with Crippen molar-refractivity contribution >= 4 is 157 Å². The van der Waals surface area contributed by atoms with E-state index in [1.165, 1.54) is 43.0 Å². The molecular weight excluding hydrogens is 1200 g/mol. The maximum atomic E-state index is 12.4. The number of aryl methyl sites for hydroxylation is 2. The largest absolute Gasteiger partial charge is 0.493 e. The van der Waals surface area contributed by atoms with Crippen LogP contribution in [-0.2, 0) is 51.1 Å². The summed E-state index contributed by atoms with van der Waals surface area (Å²) in [6.45, 7) is 4.49. The molecule has 8 rings (SSSR count). The van der Waals surface area contributed by atoms with Crippen molar-refractivity contribution < 1.29 is 74.4 Å². The highest BCUT2D eigenvalue weighted by Crippen LogP contribution is 2.44. The number of thiazole rings is 1. The lowest BCUT2D eigenvalue weighted by atomic mass is 10.1. The van der Waals surface area contributed by atoms with Crippen molar-refractivity contribution in [3.8, 4) is 17.7 Å². The molecule has 0 radical (unpaired) electrons. The van der Waals surface area contributed by atoms with Gasteiger partial charge in [-0.05, 0) is 92.3 Å². The molecule has 0 fully saturated rings.